The van der Waals surface area contributed by atoms with Gasteiger partial charge in [0.1, 0.15) is 11.5 Å². The van der Waals surface area contributed by atoms with Crippen molar-refractivity contribution in [3.8, 4) is 0 Å². The van der Waals surface area contributed by atoms with Gasteiger partial charge in [-0.25, -0.2) is 0 Å². The van der Waals surface area contributed by atoms with Gasteiger partial charge in [-0.1, -0.05) is 24.3 Å². The predicted molar refractivity (Wildman–Crippen MR) is 110 cm³/mol. The van der Waals surface area contributed by atoms with Gasteiger partial charge in [-0.2, -0.15) is 0 Å². The lowest BCUT2D eigenvalue weighted by Gasteiger charge is -2.31. The Kier molecular flexibility index (Phi) is 7.50. The topological polar surface area (TPSA) is 28.9 Å². The van der Waals surface area contributed by atoms with Crippen LogP contribution in [0.3, 0.4) is 0 Å². The monoisotopic (exact) mass is 370 g/mol. The molecule has 1 fully saturated rings. The Balaban J connectivity index is 1.41. The van der Waals surface area contributed by atoms with E-state index in [-0.39, 0.29) is 0 Å². The molecule has 1 aliphatic rings. The van der Waals surface area contributed by atoms with Gasteiger partial charge in [0.2, 0.25) is 0 Å². The van der Waals surface area contributed by atoms with Crippen molar-refractivity contribution in [1.82, 2.24) is 9.80 Å². The van der Waals surface area contributed by atoms with E-state index in [4.69, 9.17) is 9.15 Å². The molecule has 0 unspecified atom stereocenters. The Bertz CT molecular complexity index is 672. The van der Waals surface area contributed by atoms with E-state index in [9.17, 15) is 0 Å². The molecule has 1 aromatic carbocycles. The number of hydrogen-bond donors (Lipinski definition) is 0. The van der Waals surface area contributed by atoms with Crippen molar-refractivity contribution in [2.45, 2.75) is 39.3 Å². The molecule has 0 amide bonds. The fourth-order valence-corrected chi connectivity index (χ4v) is 3.89. The summed E-state index contributed by atoms with van der Waals surface area (Å²) in [4.78, 5) is 4.82. The minimum atomic E-state index is 0.785. The summed E-state index contributed by atoms with van der Waals surface area (Å²) in [6.07, 6.45) is 3.76. The standard InChI is InChI=1S/C23H34N2O2/c1-19-4-9-23(27-19)18-25-12-10-21(11-13-25)16-20-5-7-22(8-6-20)17-24(2)14-15-26-3/h4-9,21H,10-18H2,1-3H3. The van der Waals surface area contributed by atoms with Crippen LogP contribution in [0.2, 0.25) is 0 Å². The second-order valence-corrected chi connectivity index (χ2v) is 7.98. The van der Waals surface area contributed by atoms with Gasteiger partial charge in [0.05, 0.1) is 13.2 Å². The molecule has 2 heterocycles. The number of ether oxygens (including phenoxy) is 1. The van der Waals surface area contributed by atoms with Crippen LogP contribution in [0, 0.1) is 12.8 Å². The molecule has 0 saturated carbocycles. The van der Waals surface area contributed by atoms with Crippen LogP contribution in [-0.4, -0.2) is 50.2 Å². The summed E-state index contributed by atoms with van der Waals surface area (Å²) in [7, 11) is 3.90. The molecule has 0 radical (unpaired) electrons. The van der Waals surface area contributed by atoms with Crippen molar-refractivity contribution in [3.63, 3.8) is 0 Å². The summed E-state index contributed by atoms with van der Waals surface area (Å²) in [5.41, 5.74) is 2.85. The molecule has 1 saturated heterocycles. The minimum Gasteiger partial charge on any atom is -0.465 e. The number of aryl methyl sites for hydroxylation is 1. The van der Waals surface area contributed by atoms with Gasteiger partial charge >= 0.3 is 0 Å². The Morgan fingerprint density at radius 2 is 1.78 bits per heavy atom. The highest BCUT2D eigenvalue weighted by atomic mass is 16.5. The molecule has 0 aliphatic carbocycles. The minimum absolute atomic E-state index is 0.785. The summed E-state index contributed by atoms with van der Waals surface area (Å²) in [6.45, 7) is 8.04. The molecule has 4 nitrogen and oxygen atoms in total. The Morgan fingerprint density at radius 3 is 2.41 bits per heavy atom. The van der Waals surface area contributed by atoms with E-state index in [1.165, 1.54) is 43.5 Å². The molecule has 1 aromatic heterocycles. The smallest absolute Gasteiger partial charge is 0.118 e. The SMILES string of the molecule is COCCN(C)Cc1ccc(CC2CCN(Cc3ccc(C)o3)CC2)cc1. The van der Waals surface area contributed by atoms with E-state index < -0.39 is 0 Å². The van der Waals surface area contributed by atoms with Gasteiger partial charge in [-0.15, -0.1) is 0 Å². The molecule has 0 atom stereocenters. The first-order valence-electron chi connectivity index (χ1n) is 10.2. The third-order valence-electron chi connectivity index (χ3n) is 5.56. The molecular weight excluding hydrogens is 336 g/mol. The first-order valence-corrected chi connectivity index (χ1v) is 10.2. The van der Waals surface area contributed by atoms with Crippen LogP contribution < -0.4 is 0 Å². The van der Waals surface area contributed by atoms with Crippen LogP contribution in [0.15, 0.2) is 40.8 Å². The summed E-state index contributed by atoms with van der Waals surface area (Å²) in [5, 5.41) is 0. The summed E-state index contributed by atoms with van der Waals surface area (Å²) in [5.74, 6) is 2.90. The molecular formula is C23H34N2O2. The zero-order valence-electron chi connectivity index (χ0n) is 17.1. The lowest BCUT2D eigenvalue weighted by atomic mass is 9.90. The van der Waals surface area contributed by atoms with Crippen molar-refractivity contribution in [1.29, 1.82) is 0 Å². The van der Waals surface area contributed by atoms with Crippen LogP contribution in [0.25, 0.3) is 0 Å². The highest BCUT2D eigenvalue weighted by Gasteiger charge is 2.20. The van der Waals surface area contributed by atoms with Crippen LogP contribution in [0.5, 0.6) is 0 Å². The fraction of sp³-hybridized carbons (Fsp3) is 0.565. The van der Waals surface area contributed by atoms with Gasteiger partial charge in [0.15, 0.2) is 0 Å². The van der Waals surface area contributed by atoms with E-state index in [1.54, 1.807) is 7.11 Å². The van der Waals surface area contributed by atoms with E-state index in [0.29, 0.717) is 0 Å². The third kappa shape index (κ3) is 6.49. The number of likely N-dealkylation sites (N-methyl/N-ethyl adjacent to an activating group) is 1. The molecule has 0 N–H and O–H groups in total. The maximum Gasteiger partial charge on any atom is 0.118 e. The average molecular weight is 371 g/mol. The Hall–Kier alpha value is -1.62. The predicted octanol–water partition coefficient (Wildman–Crippen LogP) is 4.12. The van der Waals surface area contributed by atoms with Crippen LogP contribution in [0.4, 0.5) is 0 Å². The van der Waals surface area contributed by atoms with Crippen molar-refractivity contribution in [3.05, 3.63) is 59.0 Å². The average Bonchev–Trinajstić information content (AvgIpc) is 3.08. The van der Waals surface area contributed by atoms with Crippen LogP contribution >= 0.6 is 0 Å². The highest BCUT2D eigenvalue weighted by molar-refractivity contribution is 5.23. The lowest BCUT2D eigenvalue weighted by molar-refractivity contribution is 0.158. The second kappa shape index (κ2) is 10.1. The van der Waals surface area contributed by atoms with Crippen molar-refractivity contribution < 1.29 is 9.15 Å². The summed E-state index contributed by atoms with van der Waals surface area (Å²) < 4.78 is 10.9. The molecule has 27 heavy (non-hydrogen) atoms. The Morgan fingerprint density at radius 1 is 1.07 bits per heavy atom. The molecule has 148 valence electrons. The third-order valence-corrected chi connectivity index (χ3v) is 5.56. The van der Waals surface area contributed by atoms with Crippen molar-refractivity contribution >= 4 is 0 Å². The number of likely N-dealkylation sites (tertiary alicyclic amines) is 1. The van der Waals surface area contributed by atoms with E-state index in [2.05, 4.69) is 53.2 Å². The van der Waals surface area contributed by atoms with Crippen molar-refractivity contribution in [2.75, 3.05) is 40.4 Å². The van der Waals surface area contributed by atoms with E-state index in [0.717, 1.165) is 43.7 Å². The number of benzene rings is 1. The molecule has 4 heteroatoms. The molecule has 0 spiro atoms. The number of nitrogens with zero attached hydrogens (tertiary/aromatic N) is 2. The first-order chi connectivity index (χ1) is 13.1. The van der Waals surface area contributed by atoms with E-state index in [1.807, 2.05) is 6.92 Å². The van der Waals surface area contributed by atoms with Gasteiger partial charge in [0.25, 0.3) is 0 Å². The molecule has 3 rings (SSSR count). The largest absolute Gasteiger partial charge is 0.465 e. The van der Waals surface area contributed by atoms with Gasteiger partial charge in [0, 0.05) is 20.2 Å². The number of piperidine rings is 1. The number of methoxy groups -OCH3 is 1. The number of furan rings is 1. The fourth-order valence-electron chi connectivity index (χ4n) is 3.89. The maximum absolute atomic E-state index is 5.72. The quantitative estimate of drug-likeness (QED) is 0.664. The van der Waals surface area contributed by atoms with Crippen molar-refractivity contribution in [2.24, 2.45) is 5.92 Å². The van der Waals surface area contributed by atoms with E-state index >= 15 is 0 Å². The zero-order chi connectivity index (χ0) is 19.1. The maximum atomic E-state index is 5.72. The molecule has 2 aromatic rings. The number of hydrogen-bond acceptors (Lipinski definition) is 4. The Labute approximate surface area is 164 Å². The summed E-state index contributed by atoms with van der Waals surface area (Å²) in [6, 6.07) is 13.4. The number of rotatable bonds is 9. The zero-order valence-corrected chi connectivity index (χ0v) is 17.1. The highest BCUT2D eigenvalue weighted by Crippen LogP contribution is 2.23. The molecule has 0 bridgehead atoms. The van der Waals surface area contributed by atoms with Gasteiger partial charge in [-0.05, 0) is 75.5 Å². The lowest BCUT2D eigenvalue weighted by Crippen LogP contribution is -2.33. The second-order valence-electron chi connectivity index (χ2n) is 7.98. The van der Waals surface area contributed by atoms with Crippen LogP contribution in [0.1, 0.15) is 35.5 Å². The molecule has 1 aliphatic heterocycles. The van der Waals surface area contributed by atoms with Gasteiger partial charge < -0.3 is 9.15 Å². The van der Waals surface area contributed by atoms with Gasteiger partial charge in [-0.3, -0.25) is 9.80 Å². The van der Waals surface area contributed by atoms with Crippen LogP contribution in [-0.2, 0) is 24.2 Å². The normalized spacial score (nSPS) is 16.3. The summed E-state index contributed by atoms with van der Waals surface area (Å²) >= 11 is 0. The first kappa shape index (κ1) is 20.1.